The highest BCUT2D eigenvalue weighted by Gasteiger charge is 2.11. The van der Waals surface area contributed by atoms with Crippen molar-refractivity contribution in [3.8, 4) is 11.1 Å². The summed E-state index contributed by atoms with van der Waals surface area (Å²) in [6, 6.07) is 11.2. The predicted octanol–water partition coefficient (Wildman–Crippen LogP) is 4.98. The van der Waals surface area contributed by atoms with Gasteiger partial charge in [0.15, 0.2) is 0 Å². The molecule has 0 fully saturated rings. The van der Waals surface area contributed by atoms with E-state index in [0.717, 1.165) is 5.52 Å². The molecule has 0 spiro atoms. The van der Waals surface area contributed by atoms with Gasteiger partial charge < -0.3 is 0 Å². The maximum atomic E-state index is 4.58. The Bertz CT molecular complexity index is 810. The number of nitrogens with zero attached hydrogens (tertiary/aromatic N) is 2. The molecular weight excluding hydrogens is 256 g/mol. The summed E-state index contributed by atoms with van der Waals surface area (Å²) in [6.45, 7) is 8.81. The van der Waals surface area contributed by atoms with Gasteiger partial charge in [-0.25, -0.2) is 0 Å². The fraction of sp³-hybridized carbons (Fsp3) is 0.316. The van der Waals surface area contributed by atoms with E-state index in [4.69, 9.17) is 0 Å². The van der Waals surface area contributed by atoms with Gasteiger partial charge in [-0.3, -0.25) is 4.68 Å². The van der Waals surface area contributed by atoms with Crippen molar-refractivity contribution in [2.24, 2.45) is 7.05 Å². The average Bonchev–Trinajstić information content (AvgIpc) is 2.81. The summed E-state index contributed by atoms with van der Waals surface area (Å²) in [5.74, 6) is 0.565. The molecule has 0 aliphatic carbocycles. The molecule has 0 atom stereocenters. The van der Waals surface area contributed by atoms with Gasteiger partial charge in [-0.05, 0) is 47.6 Å². The van der Waals surface area contributed by atoms with Crippen molar-refractivity contribution >= 4 is 10.9 Å². The Morgan fingerprint density at radius 2 is 1.76 bits per heavy atom. The molecule has 0 aliphatic heterocycles. The molecule has 0 radical (unpaired) electrons. The van der Waals surface area contributed by atoms with Crippen molar-refractivity contribution in [1.82, 2.24) is 9.78 Å². The van der Waals surface area contributed by atoms with Crippen LogP contribution in [0.15, 0.2) is 36.5 Å². The topological polar surface area (TPSA) is 17.8 Å². The minimum atomic E-state index is 0.565. The molecule has 0 amide bonds. The quantitative estimate of drug-likeness (QED) is 0.646. The summed E-state index contributed by atoms with van der Waals surface area (Å²) in [6.07, 6.45) is 2.11. The van der Waals surface area contributed by atoms with Crippen molar-refractivity contribution in [2.75, 3.05) is 0 Å². The zero-order valence-corrected chi connectivity index (χ0v) is 13.4. The van der Waals surface area contributed by atoms with Gasteiger partial charge in [0.2, 0.25) is 0 Å². The smallest absolute Gasteiger partial charge is 0.0958 e. The maximum absolute atomic E-state index is 4.58. The highest BCUT2D eigenvalue weighted by molar-refractivity contribution is 5.96. The monoisotopic (exact) mass is 278 g/mol. The van der Waals surface area contributed by atoms with Crippen molar-refractivity contribution < 1.29 is 0 Å². The maximum Gasteiger partial charge on any atom is 0.0958 e. The van der Waals surface area contributed by atoms with E-state index in [1.54, 1.807) is 0 Å². The Morgan fingerprint density at radius 1 is 1.00 bits per heavy atom. The van der Waals surface area contributed by atoms with Gasteiger partial charge in [-0.2, -0.15) is 5.10 Å². The van der Waals surface area contributed by atoms with Crippen molar-refractivity contribution in [3.63, 3.8) is 0 Å². The fourth-order valence-electron chi connectivity index (χ4n) is 3.10. The zero-order chi connectivity index (χ0) is 15.1. The third-order valence-electron chi connectivity index (χ3n) is 4.20. The molecule has 2 heteroatoms. The number of aryl methyl sites for hydroxylation is 3. The Hall–Kier alpha value is -2.09. The van der Waals surface area contributed by atoms with Gasteiger partial charge in [0.05, 0.1) is 5.52 Å². The molecule has 0 N–H and O–H groups in total. The minimum Gasteiger partial charge on any atom is -0.275 e. The summed E-state index contributed by atoms with van der Waals surface area (Å²) >= 11 is 0. The molecule has 0 saturated heterocycles. The predicted molar refractivity (Wildman–Crippen MR) is 89.7 cm³/mol. The van der Waals surface area contributed by atoms with E-state index >= 15 is 0 Å². The molecule has 0 saturated carbocycles. The van der Waals surface area contributed by atoms with E-state index in [0.29, 0.717) is 5.92 Å². The largest absolute Gasteiger partial charge is 0.275 e. The van der Waals surface area contributed by atoms with Crippen LogP contribution in [0.2, 0.25) is 0 Å². The number of fused-ring (bicyclic) bond motifs is 1. The molecule has 0 aliphatic rings. The first-order chi connectivity index (χ1) is 9.97. The van der Waals surface area contributed by atoms with Gasteiger partial charge in [-0.1, -0.05) is 44.2 Å². The van der Waals surface area contributed by atoms with E-state index in [9.17, 15) is 0 Å². The molecule has 3 aromatic rings. The summed E-state index contributed by atoms with van der Waals surface area (Å²) in [4.78, 5) is 0. The number of aromatic nitrogens is 2. The Labute approximate surface area is 126 Å². The second-order valence-electron chi connectivity index (χ2n) is 6.22. The van der Waals surface area contributed by atoms with Crippen molar-refractivity contribution in [2.45, 2.75) is 33.6 Å². The summed E-state index contributed by atoms with van der Waals surface area (Å²) in [7, 11) is 1.98. The molecule has 2 nitrogen and oxygen atoms in total. The van der Waals surface area contributed by atoms with Gasteiger partial charge in [0.1, 0.15) is 0 Å². The lowest BCUT2D eigenvalue weighted by Gasteiger charge is -2.12. The second kappa shape index (κ2) is 5.03. The summed E-state index contributed by atoms with van der Waals surface area (Å²) in [5.41, 5.74) is 7.65. The lowest BCUT2D eigenvalue weighted by Crippen LogP contribution is -1.92. The van der Waals surface area contributed by atoms with Crippen LogP contribution in [0, 0.1) is 13.8 Å². The zero-order valence-electron chi connectivity index (χ0n) is 13.4. The fourth-order valence-corrected chi connectivity index (χ4v) is 3.10. The normalized spacial score (nSPS) is 11.5. The van der Waals surface area contributed by atoms with Crippen LogP contribution >= 0.6 is 0 Å². The van der Waals surface area contributed by atoms with E-state index < -0.39 is 0 Å². The summed E-state index contributed by atoms with van der Waals surface area (Å²) < 4.78 is 1.90. The van der Waals surface area contributed by atoms with Crippen LogP contribution in [0.25, 0.3) is 22.0 Å². The highest BCUT2D eigenvalue weighted by atomic mass is 15.2. The molecule has 3 rings (SSSR count). The second-order valence-corrected chi connectivity index (χ2v) is 6.22. The van der Waals surface area contributed by atoms with Gasteiger partial charge in [-0.15, -0.1) is 0 Å². The first-order valence-corrected chi connectivity index (χ1v) is 7.51. The van der Waals surface area contributed by atoms with Gasteiger partial charge in [0, 0.05) is 18.6 Å². The Balaban J connectivity index is 2.21. The van der Waals surface area contributed by atoms with E-state index in [1.807, 2.05) is 11.7 Å². The molecule has 1 heterocycles. The first-order valence-electron chi connectivity index (χ1n) is 7.51. The number of rotatable bonds is 2. The van der Waals surface area contributed by atoms with Crippen LogP contribution in [-0.4, -0.2) is 9.78 Å². The highest BCUT2D eigenvalue weighted by Crippen LogP contribution is 2.32. The SMILES string of the molecule is Cc1cc(-c2ccc(C)c3nn(C)cc23)ccc1C(C)C. The number of benzene rings is 2. The van der Waals surface area contributed by atoms with Crippen LogP contribution in [0.1, 0.15) is 36.5 Å². The van der Waals surface area contributed by atoms with Crippen LogP contribution in [0.3, 0.4) is 0 Å². The van der Waals surface area contributed by atoms with E-state index in [2.05, 4.69) is 69.3 Å². The molecular formula is C19H22N2. The third kappa shape index (κ3) is 2.35. The van der Waals surface area contributed by atoms with Gasteiger partial charge in [0.25, 0.3) is 0 Å². The minimum absolute atomic E-state index is 0.565. The molecule has 2 aromatic carbocycles. The van der Waals surface area contributed by atoms with Crippen molar-refractivity contribution in [3.05, 3.63) is 53.2 Å². The lowest BCUT2D eigenvalue weighted by atomic mass is 9.92. The van der Waals surface area contributed by atoms with Gasteiger partial charge >= 0.3 is 0 Å². The molecule has 0 bridgehead atoms. The van der Waals surface area contributed by atoms with E-state index in [1.165, 1.54) is 33.2 Å². The standard InChI is InChI=1S/C19H22N2/c1-12(2)16-9-7-15(10-14(16)4)17-8-6-13(3)19-18(17)11-21(5)20-19/h6-12H,1-5H3. The van der Waals surface area contributed by atoms with Crippen LogP contribution in [-0.2, 0) is 7.05 Å². The number of hydrogen-bond acceptors (Lipinski definition) is 1. The summed E-state index contributed by atoms with van der Waals surface area (Å²) in [5, 5.41) is 5.81. The Morgan fingerprint density at radius 3 is 2.43 bits per heavy atom. The number of hydrogen-bond donors (Lipinski definition) is 0. The molecule has 0 unspecified atom stereocenters. The molecule has 21 heavy (non-hydrogen) atoms. The molecule has 108 valence electrons. The van der Waals surface area contributed by atoms with Crippen LogP contribution < -0.4 is 0 Å². The van der Waals surface area contributed by atoms with Crippen molar-refractivity contribution in [1.29, 1.82) is 0 Å². The van der Waals surface area contributed by atoms with E-state index in [-0.39, 0.29) is 0 Å². The third-order valence-corrected chi connectivity index (χ3v) is 4.20. The average molecular weight is 278 g/mol. The lowest BCUT2D eigenvalue weighted by molar-refractivity contribution is 0.779. The Kier molecular flexibility index (Phi) is 3.32. The van der Waals surface area contributed by atoms with Crippen LogP contribution in [0.4, 0.5) is 0 Å². The van der Waals surface area contributed by atoms with Crippen LogP contribution in [0.5, 0.6) is 0 Å². The first kappa shape index (κ1) is 13.9. The molecule has 1 aromatic heterocycles.